The van der Waals surface area contributed by atoms with Crippen molar-refractivity contribution in [2.45, 2.75) is 33.0 Å². The largest absolute Gasteiger partial charge is 0.416 e. The van der Waals surface area contributed by atoms with Crippen LogP contribution in [0.25, 0.3) is 5.65 Å². The third-order valence-corrected chi connectivity index (χ3v) is 7.88. The number of amides is 1. The number of anilines is 1. The summed E-state index contributed by atoms with van der Waals surface area (Å²) in [4.78, 5) is 22.0. The van der Waals surface area contributed by atoms with Gasteiger partial charge < -0.3 is 10.1 Å². The van der Waals surface area contributed by atoms with Gasteiger partial charge in [0.2, 0.25) is 0 Å². The van der Waals surface area contributed by atoms with Crippen molar-refractivity contribution in [2.24, 2.45) is 0 Å². The second-order valence-electron chi connectivity index (χ2n) is 11.0. The topological polar surface area (TPSA) is 62.1 Å². The SMILES string of the molecule is COCCN1CCCN(Cc2ccc(NC(=O)c3ccc(C)c(C#Cc4c(C)nc5ccccn45)c3)cc2C(F)(F)F)CC1. The number of methoxy groups -OCH3 is 1. The number of hydrogen-bond acceptors (Lipinski definition) is 5. The van der Waals surface area contributed by atoms with E-state index in [1.807, 2.05) is 42.6 Å². The number of carbonyl (C=O) groups excluding carboxylic acids is 1. The van der Waals surface area contributed by atoms with Gasteiger partial charge in [-0.05, 0) is 86.8 Å². The zero-order chi connectivity index (χ0) is 31.3. The molecule has 0 unspecified atom stereocenters. The minimum Gasteiger partial charge on any atom is -0.383 e. The van der Waals surface area contributed by atoms with Gasteiger partial charge in [-0.15, -0.1) is 0 Å². The molecule has 1 aliphatic heterocycles. The molecule has 44 heavy (non-hydrogen) atoms. The lowest BCUT2D eigenvalue weighted by Gasteiger charge is -2.23. The van der Waals surface area contributed by atoms with E-state index < -0.39 is 17.6 Å². The average Bonchev–Trinajstić information content (AvgIpc) is 3.15. The van der Waals surface area contributed by atoms with E-state index in [1.54, 1.807) is 25.3 Å². The Labute approximate surface area is 255 Å². The van der Waals surface area contributed by atoms with Gasteiger partial charge in [0.1, 0.15) is 11.3 Å². The Morgan fingerprint density at radius 3 is 2.59 bits per heavy atom. The van der Waals surface area contributed by atoms with Crippen LogP contribution >= 0.6 is 0 Å². The molecule has 1 fully saturated rings. The summed E-state index contributed by atoms with van der Waals surface area (Å²) < 4.78 is 49.6. The third-order valence-electron chi connectivity index (χ3n) is 7.88. The molecule has 5 rings (SSSR count). The van der Waals surface area contributed by atoms with E-state index in [4.69, 9.17) is 4.74 Å². The molecule has 1 saturated heterocycles. The molecule has 1 N–H and O–H groups in total. The molecular weight excluding hydrogens is 567 g/mol. The van der Waals surface area contributed by atoms with Crippen LogP contribution in [0.5, 0.6) is 0 Å². The maximum Gasteiger partial charge on any atom is 0.416 e. The van der Waals surface area contributed by atoms with Crippen LogP contribution in [-0.2, 0) is 17.5 Å². The number of nitrogens with zero attached hydrogens (tertiary/aromatic N) is 4. The average molecular weight is 604 g/mol. The van der Waals surface area contributed by atoms with Gasteiger partial charge in [-0.1, -0.05) is 24.1 Å². The number of aromatic nitrogens is 2. The number of pyridine rings is 1. The molecule has 2 aromatic carbocycles. The molecular formula is C34H36F3N5O2. The number of benzene rings is 2. The second kappa shape index (κ2) is 13.6. The second-order valence-corrected chi connectivity index (χ2v) is 11.0. The van der Waals surface area contributed by atoms with E-state index in [2.05, 4.69) is 31.9 Å². The summed E-state index contributed by atoms with van der Waals surface area (Å²) in [6.07, 6.45) is -1.79. The number of nitrogens with one attached hydrogen (secondary N) is 1. The number of carbonyl (C=O) groups is 1. The highest BCUT2D eigenvalue weighted by molar-refractivity contribution is 6.04. The van der Waals surface area contributed by atoms with Gasteiger partial charge >= 0.3 is 6.18 Å². The molecule has 0 spiro atoms. The molecule has 7 nitrogen and oxygen atoms in total. The summed E-state index contributed by atoms with van der Waals surface area (Å²) in [5, 5.41) is 2.65. The maximum atomic E-state index is 14.2. The van der Waals surface area contributed by atoms with Gasteiger partial charge in [0.15, 0.2) is 0 Å². The number of aryl methyl sites for hydroxylation is 2. The van der Waals surface area contributed by atoms with E-state index in [9.17, 15) is 18.0 Å². The Kier molecular flexibility index (Phi) is 9.69. The van der Waals surface area contributed by atoms with Gasteiger partial charge in [-0.3, -0.25) is 19.0 Å². The lowest BCUT2D eigenvalue weighted by Crippen LogP contribution is -2.32. The number of alkyl halides is 3. The first-order valence-electron chi connectivity index (χ1n) is 14.6. The van der Waals surface area contributed by atoms with Crippen LogP contribution in [0.4, 0.5) is 18.9 Å². The van der Waals surface area contributed by atoms with Crippen molar-refractivity contribution in [1.29, 1.82) is 0 Å². The molecule has 4 aromatic rings. The third kappa shape index (κ3) is 7.48. The number of halogens is 3. The summed E-state index contributed by atoms with van der Waals surface area (Å²) >= 11 is 0. The molecule has 10 heteroatoms. The van der Waals surface area contributed by atoms with E-state index in [1.165, 1.54) is 12.1 Å². The Morgan fingerprint density at radius 1 is 1.00 bits per heavy atom. The Bertz CT molecular complexity index is 1700. The van der Waals surface area contributed by atoms with Crippen molar-refractivity contribution in [1.82, 2.24) is 19.2 Å². The summed E-state index contributed by atoms with van der Waals surface area (Å²) in [7, 11) is 1.66. The monoisotopic (exact) mass is 603 g/mol. The Morgan fingerprint density at radius 2 is 1.80 bits per heavy atom. The van der Waals surface area contributed by atoms with Gasteiger partial charge in [0.05, 0.1) is 17.9 Å². The number of rotatable bonds is 7. The number of ether oxygens (including phenoxy) is 1. The normalized spacial score (nSPS) is 14.7. The highest BCUT2D eigenvalue weighted by Crippen LogP contribution is 2.35. The molecule has 1 aliphatic rings. The summed E-state index contributed by atoms with van der Waals surface area (Å²) in [6, 6.07) is 14.8. The molecule has 0 radical (unpaired) electrons. The van der Waals surface area contributed by atoms with Crippen molar-refractivity contribution in [3.05, 3.63) is 100.0 Å². The van der Waals surface area contributed by atoms with E-state index in [0.717, 1.165) is 61.3 Å². The Hall–Kier alpha value is -4.17. The zero-order valence-corrected chi connectivity index (χ0v) is 25.2. The lowest BCUT2D eigenvalue weighted by atomic mass is 10.0. The van der Waals surface area contributed by atoms with Crippen LogP contribution < -0.4 is 5.32 Å². The van der Waals surface area contributed by atoms with Crippen LogP contribution in [0.3, 0.4) is 0 Å². The van der Waals surface area contributed by atoms with Gasteiger partial charge in [0, 0.05) is 56.3 Å². The minimum absolute atomic E-state index is 0.0854. The molecule has 0 aliphatic carbocycles. The molecule has 1 amide bonds. The van der Waals surface area contributed by atoms with Crippen molar-refractivity contribution in [3.8, 4) is 11.8 Å². The highest BCUT2D eigenvalue weighted by atomic mass is 19.4. The number of hydrogen-bond donors (Lipinski definition) is 1. The molecule has 3 heterocycles. The van der Waals surface area contributed by atoms with Crippen molar-refractivity contribution >= 4 is 17.2 Å². The van der Waals surface area contributed by atoms with Crippen molar-refractivity contribution in [2.75, 3.05) is 51.8 Å². The molecule has 230 valence electrons. The Balaban J connectivity index is 1.32. The van der Waals surface area contributed by atoms with Crippen molar-refractivity contribution in [3.63, 3.8) is 0 Å². The quantitative estimate of drug-likeness (QED) is 0.272. The predicted octanol–water partition coefficient (Wildman–Crippen LogP) is 5.78. The summed E-state index contributed by atoms with van der Waals surface area (Å²) in [5.41, 5.74) is 3.69. The van der Waals surface area contributed by atoms with Gasteiger partial charge in [0.25, 0.3) is 5.91 Å². The predicted molar refractivity (Wildman–Crippen MR) is 165 cm³/mol. The first kappa shape index (κ1) is 31.3. The number of imidazole rings is 1. The van der Waals surface area contributed by atoms with E-state index in [-0.39, 0.29) is 17.8 Å². The van der Waals surface area contributed by atoms with Gasteiger partial charge in [-0.2, -0.15) is 13.2 Å². The van der Waals surface area contributed by atoms with Crippen LogP contribution in [0.1, 0.15) is 50.4 Å². The first-order chi connectivity index (χ1) is 21.1. The fourth-order valence-electron chi connectivity index (χ4n) is 5.42. The van der Waals surface area contributed by atoms with E-state index in [0.29, 0.717) is 24.3 Å². The maximum absolute atomic E-state index is 14.2. The van der Waals surface area contributed by atoms with Gasteiger partial charge in [-0.25, -0.2) is 4.98 Å². The van der Waals surface area contributed by atoms with Crippen LogP contribution in [0.15, 0.2) is 60.8 Å². The zero-order valence-electron chi connectivity index (χ0n) is 25.2. The standard InChI is InChI=1S/C34H36F3N5O2/c1-24-8-9-27(21-26(24)11-13-31-25(2)38-32-7-4-5-16-42(31)32)33(43)39-29-12-10-28(30(22-29)34(35,36)37)23-41-15-6-14-40(17-18-41)19-20-44-3/h4-5,7-10,12,16,21-22H,6,14-15,17-20,23H2,1-3H3,(H,39,43). The van der Waals surface area contributed by atoms with Crippen LogP contribution in [0.2, 0.25) is 0 Å². The molecule has 0 atom stereocenters. The smallest absolute Gasteiger partial charge is 0.383 e. The van der Waals surface area contributed by atoms with Crippen molar-refractivity contribution < 1.29 is 22.7 Å². The molecule has 0 saturated carbocycles. The fourth-order valence-corrected chi connectivity index (χ4v) is 5.42. The summed E-state index contributed by atoms with van der Waals surface area (Å²) in [6.45, 7) is 8.47. The molecule has 2 aromatic heterocycles. The minimum atomic E-state index is -4.56. The van der Waals surface area contributed by atoms with Crippen LogP contribution in [0, 0.1) is 25.7 Å². The number of fused-ring (bicyclic) bond motifs is 1. The highest BCUT2D eigenvalue weighted by Gasteiger charge is 2.34. The fraction of sp³-hybridized carbons (Fsp3) is 0.353. The van der Waals surface area contributed by atoms with E-state index >= 15 is 0 Å². The first-order valence-corrected chi connectivity index (χ1v) is 14.6. The van der Waals surface area contributed by atoms with Crippen LogP contribution in [-0.4, -0.2) is 71.5 Å². The summed E-state index contributed by atoms with van der Waals surface area (Å²) in [5.74, 6) is 5.81. The lowest BCUT2D eigenvalue weighted by molar-refractivity contribution is -0.138. The molecule has 0 bridgehead atoms.